The summed E-state index contributed by atoms with van der Waals surface area (Å²) >= 11 is 0. The second-order valence-corrected chi connectivity index (χ2v) is 13.2. The van der Waals surface area contributed by atoms with E-state index >= 15 is 0 Å². The number of carbonyl (C=O) groups is 4. The van der Waals surface area contributed by atoms with Crippen LogP contribution in [-0.2, 0) is 36.9 Å². The molecule has 5 amide bonds. The number of ether oxygens (including phenoxy) is 3. The van der Waals surface area contributed by atoms with E-state index in [1.54, 1.807) is 4.90 Å². The summed E-state index contributed by atoms with van der Waals surface area (Å²) < 4.78 is 17.0. The van der Waals surface area contributed by atoms with Crippen molar-refractivity contribution in [3.63, 3.8) is 0 Å². The van der Waals surface area contributed by atoms with E-state index in [0.717, 1.165) is 82.6 Å². The highest BCUT2D eigenvalue weighted by molar-refractivity contribution is 5.95. The fraction of sp³-hybridized carbons (Fsp3) is 0.744. The number of unbranched alkanes of at least 4 members (excludes halogenated alkanes) is 6. The van der Waals surface area contributed by atoms with Crippen LogP contribution in [0.2, 0.25) is 0 Å². The zero-order chi connectivity index (χ0) is 37.1. The van der Waals surface area contributed by atoms with Gasteiger partial charge >= 0.3 is 6.03 Å². The molecule has 0 fully saturated rings. The summed E-state index contributed by atoms with van der Waals surface area (Å²) in [5.74, 6) is -0.259. The Morgan fingerprint density at radius 3 is 1.80 bits per heavy atom. The Morgan fingerprint density at radius 1 is 0.680 bits per heavy atom. The second-order valence-electron chi connectivity index (χ2n) is 13.2. The third-order valence-corrected chi connectivity index (χ3v) is 8.42. The van der Waals surface area contributed by atoms with E-state index in [1.165, 1.54) is 12.0 Å². The highest BCUT2D eigenvalue weighted by Crippen LogP contribution is 2.22. The SMILES string of the molecule is CCCCCC(C)Oc1cc(CNC(=O)COCC(=O)N(CCCC)CCCC)cc(CN(C(=O)COC)C(=O)N(CCCC)CCCC)c1. The van der Waals surface area contributed by atoms with Crippen LogP contribution >= 0.6 is 0 Å². The summed E-state index contributed by atoms with van der Waals surface area (Å²) in [5.41, 5.74) is 1.46. The molecule has 286 valence electrons. The Labute approximate surface area is 302 Å². The number of rotatable bonds is 28. The van der Waals surface area contributed by atoms with Crippen LogP contribution in [-0.4, -0.2) is 97.7 Å². The third kappa shape index (κ3) is 18.7. The van der Waals surface area contributed by atoms with Gasteiger partial charge in [0.1, 0.15) is 25.6 Å². The first kappa shape index (κ1) is 44.8. The Hall–Kier alpha value is -3.18. The van der Waals surface area contributed by atoms with E-state index in [-0.39, 0.29) is 56.9 Å². The third-order valence-electron chi connectivity index (χ3n) is 8.42. The lowest BCUT2D eigenvalue weighted by molar-refractivity contribution is -0.138. The minimum atomic E-state index is -0.417. The molecule has 1 unspecified atom stereocenters. The molecular weight excluding hydrogens is 636 g/mol. The molecule has 1 atom stereocenters. The number of nitrogens with zero attached hydrogens (tertiary/aromatic N) is 3. The van der Waals surface area contributed by atoms with Gasteiger partial charge in [-0.15, -0.1) is 0 Å². The average Bonchev–Trinajstić information content (AvgIpc) is 3.09. The molecule has 1 aromatic carbocycles. The number of carbonyl (C=O) groups excluding carboxylic acids is 4. The van der Waals surface area contributed by atoms with Crippen molar-refractivity contribution in [2.75, 3.05) is 53.1 Å². The largest absolute Gasteiger partial charge is 0.491 e. The van der Waals surface area contributed by atoms with Gasteiger partial charge in [0.15, 0.2) is 0 Å². The van der Waals surface area contributed by atoms with Crippen LogP contribution in [0.4, 0.5) is 4.79 Å². The smallest absolute Gasteiger partial charge is 0.327 e. The molecule has 0 bridgehead atoms. The van der Waals surface area contributed by atoms with Gasteiger partial charge < -0.3 is 29.3 Å². The van der Waals surface area contributed by atoms with Gasteiger partial charge in [0.2, 0.25) is 11.8 Å². The standard InChI is InChI=1S/C39H68N4O7/c1-8-13-18-19-32(6)50-35-25-33(27-40-36(44)29-49-31-37(45)41(20-14-9-2)21-15-10-3)24-34(26-35)28-43(38(46)30-48-7)39(47)42(22-16-11-4)23-17-12-5/h24-26,32H,8-23,27-31H2,1-7H3,(H,40,44). The van der Waals surface area contributed by atoms with Gasteiger partial charge in [-0.3, -0.25) is 19.3 Å². The van der Waals surface area contributed by atoms with E-state index in [4.69, 9.17) is 14.2 Å². The van der Waals surface area contributed by atoms with Crippen molar-refractivity contribution in [3.8, 4) is 5.75 Å². The number of hydrogen-bond donors (Lipinski definition) is 1. The lowest BCUT2D eigenvalue weighted by Gasteiger charge is -2.30. The molecule has 11 heteroatoms. The minimum Gasteiger partial charge on any atom is -0.491 e. The summed E-state index contributed by atoms with van der Waals surface area (Å²) in [6, 6.07) is 5.28. The van der Waals surface area contributed by atoms with E-state index in [1.807, 2.05) is 30.0 Å². The summed E-state index contributed by atoms with van der Waals surface area (Å²) in [6.07, 6.45) is 11.6. The Morgan fingerprint density at radius 2 is 1.24 bits per heavy atom. The van der Waals surface area contributed by atoms with Crippen LogP contribution < -0.4 is 10.1 Å². The van der Waals surface area contributed by atoms with Gasteiger partial charge in [0, 0.05) is 39.8 Å². The molecule has 0 saturated carbocycles. The number of nitrogens with one attached hydrogen (secondary N) is 1. The second kappa shape index (κ2) is 27.5. The number of imide groups is 1. The maximum Gasteiger partial charge on any atom is 0.327 e. The molecular formula is C39H68N4O7. The van der Waals surface area contributed by atoms with Crippen molar-refractivity contribution in [1.82, 2.24) is 20.0 Å². The molecule has 0 aliphatic rings. The quantitative estimate of drug-likeness (QED) is 0.0926. The molecule has 0 aliphatic heterocycles. The molecule has 1 aromatic rings. The number of hydrogen-bond acceptors (Lipinski definition) is 7. The Balaban J connectivity index is 3.16. The van der Waals surface area contributed by atoms with Crippen LogP contribution in [0.3, 0.4) is 0 Å². The van der Waals surface area contributed by atoms with Crippen LogP contribution in [0.15, 0.2) is 18.2 Å². The van der Waals surface area contributed by atoms with E-state index in [2.05, 4.69) is 39.9 Å². The van der Waals surface area contributed by atoms with Crippen LogP contribution in [0.25, 0.3) is 0 Å². The van der Waals surface area contributed by atoms with Crippen molar-refractivity contribution in [2.45, 2.75) is 138 Å². The van der Waals surface area contributed by atoms with Crippen molar-refractivity contribution >= 4 is 23.8 Å². The molecule has 1 N–H and O–H groups in total. The highest BCUT2D eigenvalue weighted by atomic mass is 16.5. The summed E-state index contributed by atoms with van der Waals surface area (Å²) in [7, 11) is 1.44. The lowest BCUT2D eigenvalue weighted by Crippen LogP contribution is -2.47. The highest BCUT2D eigenvalue weighted by Gasteiger charge is 2.27. The first-order chi connectivity index (χ1) is 24.1. The zero-order valence-electron chi connectivity index (χ0n) is 32.4. The van der Waals surface area contributed by atoms with Gasteiger partial charge in [-0.1, -0.05) is 79.2 Å². The average molecular weight is 705 g/mol. The molecule has 0 aromatic heterocycles. The summed E-state index contributed by atoms with van der Waals surface area (Å²) in [5, 5.41) is 2.88. The molecule has 50 heavy (non-hydrogen) atoms. The first-order valence-corrected chi connectivity index (χ1v) is 19.1. The summed E-state index contributed by atoms with van der Waals surface area (Å²) in [6.45, 7) is 14.7. The van der Waals surface area contributed by atoms with Crippen LogP contribution in [0, 0.1) is 0 Å². The van der Waals surface area contributed by atoms with Gasteiger partial charge in [0.25, 0.3) is 5.91 Å². The van der Waals surface area contributed by atoms with Gasteiger partial charge in [-0.2, -0.15) is 0 Å². The lowest BCUT2D eigenvalue weighted by atomic mass is 10.1. The fourth-order valence-corrected chi connectivity index (χ4v) is 5.41. The maximum absolute atomic E-state index is 13.8. The van der Waals surface area contributed by atoms with E-state index in [9.17, 15) is 19.2 Å². The molecule has 1 rings (SSSR count). The monoisotopic (exact) mass is 705 g/mol. The molecule has 0 saturated heterocycles. The molecule has 0 heterocycles. The van der Waals surface area contributed by atoms with Gasteiger partial charge in [0.05, 0.1) is 12.6 Å². The Kier molecular flexibility index (Phi) is 24.7. The zero-order valence-corrected chi connectivity index (χ0v) is 32.4. The minimum absolute atomic E-state index is 0.0363. The summed E-state index contributed by atoms with van der Waals surface area (Å²) in [4.78, 5) is 57.4. The first-order valence-electron chi connectivity index (χ1n) is 19.1. The number of urea groups is 1. The normalized spacial score (nSPS) is 11.6. The van der Waals surface area contributed by atoms with E-state index < -0.39 is 5.91 Å². The fourth-order valence-electron chi connectivity index (χ4n) is 5.41. The van der Waals surface area contributed by atoms with E-state index in [0.29, 0.717) is 37.5 Å². The maximum atomic E-state index is 13.8. The molecule has 11 nitrogen and oxygen atoms in total. The number of methoxy groups -OCH3 is 1. The van der Waals surface area contributed by atoms with Crippen molar-refractivity contribution in [2.24, 2.45) is 0 Å². The van der Waals surface area contributed by atoms with Crippen LogP contribution in [0.5, 0.6) is 5.75 Å². The topological polar surface area (TPSA) is 118 Å². The number of benzene rings is 1. The molecule has 0 spiro atoms. The van der Waals surface area contributed by atoms with Gasteiger partial charge in [-0.05, 0) is 68.7 Å². The molecule has 0 radical (unpaired) electrons. The number of amides is 5. The van der Waals surface area contributed by atoms with Crippen molar-refractivity contribution < 1.29 is 33.4 Å². The Bertz CT molecular complexity index is 1100. The predicted octanol–water partition coefficient (Wildman–Crippen LogP) is 7.09. The van der Waals surface area contributed by atoms with Crippen LogP contribution in [0.1, 0.15) is 130 Å². The van der Waals surface area contributed by atoms with Gasteiger partial charge in [-0.25, -0.2) is 4.79 Å². The van der Waals surface area contributed by atoms with Crippen molar-refractivity contribution in [3.05, 3.63) is 29.3 Å². The predicted molar refractivity (Wildman–Crippen MR) is 199 cm³/mol. The van der Waals surface area contributed by atoms with Crippen molar-refractivity contribution in [1.29, 1.82) is 0 Å². The molecule has 0 aliphatic carbocycles.